The fraction of sp³-hybridized carbons (Fsp3) is 0.833. The molecule has 1 rings (SSSR count). The third-order valence-electron chi connectivity index (χ3n) is 2.42. The molecule has 1 fully saturated rings. The van der Waals surface area contributed by atoms with Gasteiger partial charge in [0, 0.05) is 18.3 Å². The largest absolute Gasteiger partial charge is 0.310 e. The molecule has 0 amide bonds. The van der Waals surface area contributed by atoms with Gasteiger partial charge in [0.05, 0.1) is 0 Å². The number of rotatable bonds is 9. The van der Waals surface area contributed by atoms with E-state index in [2.05, 4.69) is 18.8 Å². The van der Waals surface area contributed by atoms with Crippen LogP contribution in [0.15, 0.2) is 12.2 Å². The van der Waals surface area contributed by atoms with E-state index in [1.165, 1.54) is 43.4 Å². The van der Waals surface area contributed by atoms with Gasteiger partial charge in [0.1, 0.15) is 0 Å². The molecular formula is C12H23NS. The van der Waals surface area contributed by atoms with Gasteiger partial charge in [-0.2, -0.15) is 11.8 Å². The van der Waals surface area contributed by atoms with Gasteiger partial charge in [-0.05, 0) is 25.0 Å². The molecule has 1 N–H and O–H groups in total. The lowest BCUT2D eigenvalue weighted by atomic mass is 10.3. The van der Waals surface area contributed by atoms with E-state index in [9.17, 15) is 0 Å². The molecule has 0 atom stereocenters. The number of hydrogen-bond acceptors (Lipinski definition) is 2. The summed E-state index contributed by atoms with van der Waals surface area (Å²) in [6, 6.07) is 0.817. The zero-order valence-corrected chi connectivity index (χ0v) is 10.2. The predicted octanol–water partition coefficient (Wildman–Crippen LogP) is 3.22. The van der Waals surface area contributed by atoms with Gasteiger partial charge in [-0.3, -0.25) is 0 Å². The maximum atomic E-state index is 4.09. The summed E-state index contributed by atoms with van der Waals surface area (Å²) in [5.74, 6) is 2.44. The molecule has 0 radical (unpaired) electrons. The molecule has 1 aliphatic carbocycles. The lowest BCUT2D eigenvalue weighted by Crippen LogP contribution is -2.19. The smallest absolute Gasteiger partial charge is 0.0172 e. The predicted molar refractivity (Wildman–Crippen MR) is 67.0 cm³/mol. The van der Waals surface area contributed by atoms with E-state index in [-0.39, 0.29) is 0 Å². The molecule has 0 aromatic heterocycles. The van der Waals surface area contributed by atoms with Crippen LogP contribution in [0.2, 0.25) is 0 Å². The van der Waals surface area contributed by atoms with Gasteiger partial charge in [0.15, 0.2) is 0 Å². The summed E-state index contributed by atoms with van der Waals surface area (Å²) in [5, 5.41) is 3.50. The van der Waals surface area contributed by atoms with E-state index in [1.807, 2.05) is 11.8 Å². The Kier molecular flexibility index (Phi) is 6.37. The molecule has 82 valence electrons. The van der Waals surface area contributed by atoms with Crippen molar-refractivity contribution in [3.63, 3.8) is 0 Å². The second kappa shape index (κ2) is 7.36. The van der Waals surface area contributed by atoms with Crippen molar-refractivity contribution in [2.45, 2.75) is 45.1 Å². The standard InChI is InChI=1S/C12H23NS/c1-3-4-5-8-14-10-11(2)9-13-12-6-7-12/h12-13H,2-10H2,1H3. The number of unbranched alkanes of at least 4 members (excludes halogenated alkanes) is 2. The highest BCUT2D eigenvalue weighted by molar-refractivity contribution is 7.99. The molecule has 0 heterocycles. The SMILES string of the molecule is C=C(CNC1CC1)CSCCCCC. The summed E-state index contributed by atoms with van der Waals surface area (Å²) in [5.41, 5.74) is 1.36. The second-order valence-corrected chi connectivity index (χ2v) is 5.27. The Balaban J connectivity index is 1.81. The van der Waals surface area contributed by atoms with Crippen molar-refractivity contribution in [1.29, 1.82) is 0 Å². The van der Waals surface area contributed by atoms with E-state index in [0.29, 0.717) is 0 Å². The van der Waals surface area contributed by atoms with Crippen LogP contribution in [-0.4, -0.2) is 24.1 Å². The Morgan fingerprint density at radius 1 is 1.43 bits per heavy atom. The Morgan fingerprint density at radius 3 is 2.86 bits per heavy atom. The third-order valence-corrected chi connectivity index (χ3v) is 3.61. The fourth-order valence-electron chi connectivity index (χ4n) is 1.30. The molecule has 1 nitrogen and oxygen atoms in total. The minimum Gasteiger partial charge on any atom is -0.310 e. The van der Waals surface area contributed by atoms with E-state index in [1.54, 1.807) is 0 Å². The van der Waals surface area contributed by atoms with Gasteiger partial charge in [-0.15, -0.1) is 0 Å². The van der Waals surface area contributed by atoms with Crippen LogP contribution in [0, 0.1) is 0 Å². The van der Waals surface area contributed by atoms with Crippen molar-refractivity contribution in [3.8, 4) is 0 Å². The maximum absolute atomic E-state index is 4.09. The average Bonchev–Trinajstić information content (AvgIpc) is 2.98. The normalized spacial score (nSPS) is 15.8. The van der Waals surface area contributed by atoms with Crippen molar-refractivity contribution in [1.82, 2.24) is 5.32 Å². The van der Waals surface area contributed by atoms with Crippen LogP contribution in [0.5, 0.6) is 0 Å². The zero-order chi connectivity index (χ0) is 10.2. The Hall–Kier alpha value is 0.0500. The zero-order valence-electron chi connectivity index (χ0n) is 9.35. The molecule has 2 heteroatoms. The van der Waals surface area contributed by atoms with Gasteiger partial charge >= 0.3 is 0 Å². The van der Waals surface area contributed by atoms with Crippen LogP contribution in [0.25, 0.3) is 0 Å². The highest BCUT2D eigenvalue weighted by Gasteiger charge is 2.19. The quantitative estimate of drug-likeness (QED) is 0.466. The van der Waals surface area contributed by atoms with E-state index < -0.39 is 0 Å². The molecule has 0 aromatic rings. The first kappa shape index (κ1) is 12.1. The summed E-state index contributed by atoms with van der Waals surface area (Å²) >= 11 is 2.03. The molecule has 1 saturated carbocycles. The van der Waals surface area contributed by atoms with Crippen LogP contribution in [0.1, 0.15) is 39.0 Å². The lowest BCUT2D eigenvalue weighted by Gasteiger charge is -2.06. The van der Waals surface area contributed by atoms with Crippen molar-refractivity contribution in [3.05, 3.63) is 12.2 Å². The van der Waals surface area contributed by atoms with Gasteiger partial charge < -0.3 is 5.32 Å². The van der Waals surface area contributed by atoms with Crippen molar-refractivity contribution in [2.24, 2.45) is 0 Å². The van der Waals surface area contributed by atoms with Gasteiger partial charge in [-0.1, -0.05) is 31.9 Å². The van der Waals surface area contributed by atoms with Gasteiger partial charge in [0.25, 0.3) is 0 Å². The minimum absolute atomic E-state index is 0.817. The summed E-state index contributed by atoms with van der Waals surface area (Å²) in [6.45, 7) is 7.38. The molecule has 0 aromatic carbocycles. The van der Waals surface area contributed by atoms with Crippen LogP contribution in [0.3, 0.4) is 0 Å². The average molecular weight is 213 g/mol. The summed E-state index contributed by atoms with van der Waals surface area (Å²) in [4.78, 5) is 0. The highest BCUT2D eigenvalue weighted by Crippen LogP contribution is 2.19. The fourth-order valence-corrected chi connectivity index (χ4v) is 2.24. The first-order valence-corrected chi connectivity index (χ1v) is 6.96. The molecule has 0 saturated heterocycles. The number of hydrogen-bond donors (Lipinski definition) is 1. The lowest BCUT2D eigenvalue weighted by molar-refractivity contribution is 0.735. The Morgan fingerprint density at radius 2 is 2.21 bits per heavy atom. The molecule has 0 aliphatic heterocycles. The van der Waals surface area contributed by atoms with Gasteiger partial charge in [0.2, 0.25) is 0 Å². The summed E-state index contributed by atoms with van der Waals surface area (Å²) < 4.78 is 0. The highest BCUT2D eigenvalue weighted by atomic mass is 32.2. The van der Waals surface area contributed by atoms with Crippen molar-refractivity contribution in [2.75, 3.05) is 18.1 Å². The molecule has 0 spiro atoms. The van der Waals surface area contributed by atoms with Crippen molar-refractivity contribution >= 4 is 11.8 Å². The summed E-state index contributed by atoms with van der Waals surface area (Å²) in [7, 11) is 0. The monoisotopic (exact) mass is 213 g/mol. The third kappa shape index (κ3) is 6.50. The van der Waals surface area contributed by atoms with Crippen LogP contribution in [0.4, 0.5) is 0 Å². The van der Waals surface area contributed by atoms with Crippen LogP contribution >= 0.6 is 11.8 Å². The van der Waals surface area contributed by atoms with Crippen LogP contribution in [-0.2, 0) is 0 Å². The van der Waals surface area contributed by atoms with Crippen molar-refractivity contribution < 1.29 is 0 Å². The van der Waals surface area contributed by atoms with Gasteiger partial charge in [-0.25, -0.2) is 0 Å². The van der Waals surface area contributed by atoms with E-state index >= 15 is 0 Å². The molecule has 14 heavy (non-hydrogen) atoms. The number of nitrogens with one attached hydrogen (secondary N) is 1. The Bertz CT molecular complexity index is 164. The first-order chi connectivity index (χ1) is 6.83. The van der Waals surface area contributed by atoms with E-state index in [4.69, 9.17) is 0 Å². The molecule has 1 aliphatic rings. The molecule has 0 bridgehead atoms. The van der Waals surface area contributed by atoms with E-state index in [0.717, 1.165) is 18.3 Å². The molecule has 0 unspecified atom stereocenters. The minimum atomic E-state index is 0.817. The molecular weight excluding hydrogens is 190 g/mol. The first-order valence-electron chi connectivity index (χ1n) is 5.80. The second-order valence-electron chi connectivity index (χ2n) is 4.16. The maximum Gasteiger partial charge on any atom is 0.0172 e. The number of thioether (sulfide) groups is 1. The van der Waals surface area contributed by atoms with Crippen LogP contribution < -0.4 is 5.32 Å². The summed E-state index contributed by atoms with van der Waals surface area (Å²) in [6.07, 6.45) is 6.81. The topological polar surface area (TPSA) is 12.0 Å². The Labute approximate surface area is 92.7 Å².